The number of aromatic nitrogens is 5. The lowest BCUT2D eigenvalue weighted by atomic mass is 10.1. The Morgan fingerprint density at radius 1 is 0.860 bits per heavy atom. The molecule has 0 fully saturated rings. The fourth-order valence-electron chi connectivity index (χ4n) is 4.92. The van der Waals surface area contributed by atoms with Gasteiger partial charge in [-0.3, -0.25) is 24.5 Å². The normalized spacial score (nSPS) is 12.9. The fourth-order valence-corrected chi connectivity index (χ4v) is 4.92. The predicted molar refractivity (Wildman–Crippen MR) is 184 cm³/mol. The largest absolute Gasteiger partial charge is 0.403 e. The second-order valence-electron chi connectivity index (χ2n) is 10.6. The lowest BCUT2D eigenvalue weighted by Gasteiger charge is -2.06. The van der Waals surface area contributed by atoms with Crippen LogP contribution in [0.3, 0.4) is 0 Å². The zero-order valence-electron chi connectivity index (χ0n) is 27.6. The molecule has 0 spiro atoms. The minimum absolute atomic E-state index is 0.0715. The third-order valence-corrected chi connectivity index (χ3v) is 7.31. The molecule has 0 atom stereocenters. The van der Waals surface area contributed by atoms with Crippen LogP contribution < -0.4 is 32.0 Å². The van der Waals surface area contributed by atoms with Gasteiger partial charge < -0.3 is 23.2 Å². The highest BCUT2D eigenvalue weighted by Gasteiger charge is 2.15. The number of methoxy groups -OCH3 is 1. The van der Waals surface area contributed by atoms with Crippen molar-refractivity contribution in [3.8, 4) is 12.0 Å². The van der Waals surface area contributed by atoms with E-state index in [2.05, 4.69) is 35.2 Å². The van der Waals surface area contributed by atoms with Crippen LogP contribution in [0.4, 0.5) is 0 Å². The molecule has 2 N–H and O–H groups in total. The van der Waals surface area contributed by atoms with Crippen molar-refractivity contribution in [1.29, 1.82) is 0 Å². The number of oxime groups is 2. The topological polar surface area (TPSA) is 217 Å². The summed E-state index contributed by atoms with van der Waals surface area (Å²) in [5.41, 5.74) is 1.82. The van der Waals surface area contributed by atoms with Crippen LogP contribution in [0.15, 0.2) is 98.8 Å². The van der Waals surface area contributed by atoms with Crippen LogP contribution in [-0.4, -0.2) is 50.1 Å². The average molecular weight is 684 g/mol. The van der Waals surface area contributed by atoms with Crippen LogP contribution in [0.2, 0.25) is 0 Å². The van der Waals surface area contributed by atoms with E-state index in [0.717, 1.165) is 17.6 Å². The Morgan fingerprint density at radius 3 is 1.90 bits per heavy atom. The zero-order valence-corrected chi connectivity index (χ0v) is 27.6. The lowest BCUT2D eigenvalue weighted by molar-refractivity contribution is 0.238. The number of nitrogens with zero attached hydrogens (tertiary/aromatic N) is 5. The smallest absolute Gasteiger partial charge is 0.337 e. The van der Waals surface area contributed by atoms with Gasteiger partial charge in [-0.2, -0.15) is 9.97 Å². The summed E-state index contributed by atoms with van der Waals surface area (Å²) in [6.07, 6.45) is 11.6. The first-order chi connectivity index (χ1) is 24.2. The average Bonchev–Trinajstić information content (AvgIpc) is 3.65. The van der Waals surface area contributed by atoms with Crippen molar-refractivity contribution in [1.82, 2.24) is 24.9 Å². The molecule has 16 nitrogen and oxygen atoms in total. The third kappa shape index (κ3) is 8.22. The van der Waals surface area contributed by atoms with Crippen molar-refractivity contribution in [3.63, 3.8) is 0 Å². The molecule has 5 heterocycles. The van der Waals surface area contributed by atoms with E-state index in [0.29, 0.717) is 41.8 Å². The molecule has 0 aliphatic heterocycles. The van der Waals surface area contributed by atoms with Gasteiger partial charge in [-0.15, -0.1) is 0 Å². The fraction of sp³-hybridized carbons (Fsp3) is 0.265. The Hall–Kier alpha value is -6.29. The number of aromatic amines is 2. The quantitative estimate of drug-likeness (QED) is 0.150. The number of aryl methyl sites for hydroxylation is 2. The third-order valence-electron chi connectivity index (χ3n) is 7.31. The molecule has 16 heteroatoms. The van der Waals surface area contributed by atoms with Crippen LogP contribution >= 0.6 is 0 Å². The van der Waals surface area contributed by atoms with E-state index in [4.69, 9.17) is 23.2 Å². The van der Waals surface area contributed by atoms with Gasteiger partial charge in [-0.25, -0.2) is 9.59 Å². The molecule has 50 heavy (non-hydrogen) atoms. The highest BCUT2D eigenvalue weighted by molar-refractivity contribution is 6.03. The summed E-state index contributed by atoms with van der Waals surface area (Å²) < 4.78 is 15.1. The number of rotatable bonds is 11. The van der Waals surface area contributed by atoms with Gasteiger partial charge in [0.25, 0.3) is 11.1 Å². The molecule has 5 aromatic heterocycles. The molecule has 0 bridgehead atoms. The summed E-state index contributed by atoms with van der Waals surface area (Å²) in [6.45, 7) is 5.83. The van der Waals surface area contributed by atoms with Crippen LogP contribution in [0, 0.1) is 0 Å². The molecule has 0 aromatic carbocycles. The standard InChI is InChI=1S/C17H16N4O4.C17H17N3O5/c1-3-10-8-13(22)24-16-14(10)15(23)19-17(20-16)25-21-12(4-2)11-6-5-7-18-9-11;1-3-10-8-13(21)24-16-14(10)15(22)18-17(19-16)25-20-12(9-23-2)11-6-4-5-7-11/h5-9H,3-4H2,1-2H3,(H,19,20,23);4,6-8H,3,5,9H2,1-2H3,(H,18,19,22)/b21-12-;20-12-. The molecular formula is C34H33N7O9. The van der Waals surface area contributed by atoms with Crippen LogP contribution in [0.25, 0.3) is 22.2 Å². The molecule has 258 valence electrons. The van der Waals surface area contributed by atoms with Crippen LogP contribution in [0.5, 0.6) is 12.0 Å². The summed E-state index contributed by atoms with van der Waals surface area (Å²) in [6, 6.07) is 5.90. The molecule has 0 amide bonds. The van der Waals surface area contributed by atoms with E-state index in [-0.39, 0.29) is 40.8 Å². The second-order valence-corrected chi connectivity index (χ2v) is 10.6. The Morgan fingerprint density at radius 2 is 1.44 bits per heavy atom. The SMILES string of the molecule is CC/C(=N/Oc1nc2oc(=O)cc(CC)c2c(=O)[nH]1)c1cccnc1.CCc1cc(=O)oc2nc(O/N=C(/COC)C3=CCC=C3)[nH]c(=O)c12. The summed E-state index contributed by atoms with van der Waals surface area (Å²) >= 11 is 0. The molecule has 1 aliphatic carbocycles. The van der Waals surface area contributed by atoms with Crippen molar-refractivity contribution in [2.45, 2.75) is 46.5 Å². The summed E-state index contributed by atoms with van der Waals surface area (Å²) in [5, 5.41) is 8.49. The Kier molecular flexibility index (Phi) is 11.4. The van der Waals surface area contributed by atoms with E-state index >= 15 is 0 Å². The summed E-state index contributed by atoms with van der Waals surface area (Å²) in [7, 11) is 1.55. The van der Waals surface area contributed by atoms with Crippen LogP contribution in [0.1, 0.15) is 50.3 Å². The van der Waals surface area contributed by atoms with E-state index < -0.39 is 22.4 Å². The van der Waals surface area contributed by atoms with Crippen molar-refractivity contribution in [3.05, 3.63) is 119 Å². The zero-order chi connectivity index (χ0) is 35.6. The van der Waals surface area contributed by atoms with Crippen molar-refractivity contribution < 1.29 is 23.2 Å². The first-order valence-corrected chi connectivity index (χ1v) is 15.6. The number of H-pyrrole nitrogens is 2. The highest BCUT2D eigenvalue weighted by Crippen LogP contribution is 2.16. The van der Waals surface area contributed by atoms with Crippen molar-refractivity contribution in [2.75, 3.05) is 13.7 Å². The highest BCUT2D eigenvalue weighted by atomic mass is 16.6. The maximum absolute atomic E-state index is 12.3. The summed E-state index contributed by atoms with van der Waals surface area (Å²) in [5.74, 6) is 0. The minimum Gasteiger partial charge on any atom is -0.403 e. The van der Waals surface area contributed by atoms with Gasteiger partial charge in [0, 0.05) is 37.2 Å². The van der Waals surface area contributed by atoms with Gasteiger partial charge in [-0.1, -0.05) is 49.3 Å². The van der Waals surface area contributed by atoms with Gasteiger partial charge in [0.15, 0.2) is 0 Å². The van der Waals surface area contributed by atoms with Gasteiger partial charge >= 0.3 is 23.3 Å². The lowest BCUT2D eigenvalue weighted by Crippen LogP contribution is -2.15. The number of hydrogen-bond donors (Lipinski definition) is 2. The van der Waals surface area contributed by atoms with E-state index in [1.54, 1.807) is 25.6 Å². The minimum atomic E-state index is -0.571. The first kappa shape index (κ1) is 35.0. The number of nitrogens with one attached hydrogen (secondary N) is 2. The molecule has 0 unspecified atom stereocenters. The van der Waals surface area contributed by atoms with Gasteiger partial charge in [-0.05, 0) is 54.5 Å². The molecule has 1 aliphatic rings. The molecular weight excluding hydrogens is 650 g/mol. The number of ether oxygens (including phenoxy) is 1. The number of pyridine rings is 1. The van der Waals surface area contributed by atoms with Gasteiger partial charge in [0.2, 0.25) is 11.4 Å². The van der Waals surface area contributed by atoms with E-state index in [1.807, 2.05) is 45.1 Å². The maximum atomic E-state index is 12.3. The molecule has 0 saturated carbocycles. The monoisotopic (exact) mass is 683 g/mol. The molecule has 0 saturated heterocycles. The number of hydrogen-bond acceptors (Lipinski definition) is 14. The van der Waals surface area contributed by atoms with E-state index in [1.165, 1.54) is 12.1 Å². The second kappa shape index (κ2) is 16.2. The van der Waals surface area contributed by atoms with Gasteiger partial charge in [0.1, 0.15) is 16.5 Å². The Labute approximate surface area is 282 Å². The van der Waals surface area contributed by atoms with Crippen LogP contribution in [-0.2, 0) is 17.6 Å². The van der Waals surface area contributed by atoms with Gasteiger partial charge in [0.05, 0.1) is 12.3 Å². The summed E-state index contributed by atoms with van der Waals surface area (Å²) in [4.78, 5) is 75.3. The van der Waals surface area contributed by atoms with E-state index in [9.17, 15) is 19.2 Å². The maximum Gasteiger partial charge on any atom is 0.337 e. The van der Waals surface area contributed by atoms with Crippen molar-refractivity contribution >= 4 is 33.6 Å². The van der Waals surface area contributed by atoms with Crippen molar-refractivity contribution in [2.24, 2.45) is 10.3 Å². The number of fused-ring (bicyclic) bond motifs is 2. The predicted octanol–water partition coefficient (Wildman–Crippen LogP) is 3.73. The Balaban J connectivity index is 0.000000194. The molecule has 6 rings (SSSR count). The Bertz CT molecular complexity index is 2370. The molecule has 5 aromatic rings. The first-order valence-electron chi connectivity index (χ1n) is 15.6. The number of allylic oxidation sites excluding steroid dienone is 3. The molecule has 0 radical (unpaired) electrons.